The zero-order chi connectivity index (χ0) is 21.5. The molecule has 3 aromatic carbocycles. The van der Waals surface area contributed by atoms with Gasteiger partial charge >= 0.3 is 0 Å². The second kappa shape index (κ2) is 8.03. The van der Waals surface area contributed by atoms with Gasteiger partial charge in [-0.2, -0.15) is 0 Å². The van der Waals surface area contributed by atoms with E-state index in [-0.39, 0.29) is 6.04 Å². The van der Waals surface area contributed by atoms with Crippen molar-refractivity contribution in [1.29, 1.82) is 0 Å². The highest BCUT2D eigenvalue weighted by Crippen LogP contribution is 2.41. The van der Waals surface area contributed by atoms with E-state index >= 15 is 0 Å². The van der Waals surface area contributed by atoms with E-state index in [1.54, 1.807) is 0 Å². The molecule has 0 radical (unpaired) electrons. The van der Waals surface area contributed by atoms with Crippen molar-refractivity contribution in [3.63, 3.8) is 0 Å². The number of nitrogens with zero attached hydrogens (tertiary/aromatic N) is 2. The number of aryl methyl sites for hydroxylation is 1. The van der Waals surface area contributed by atoms with Gasteiger partial charge in [-0.25, -0.2) is 0 Å². The quantitative estimate of drug-likeness (QED) is 0.336. The maximum atomic E-state index is 6.12. The topological polar surface area (TPSA) is 8.17 Å². The van der Waals surface area contributed by atoms with E-state index in [2.05, 4.69) is 97.2 Å². The van der Waals surface area contributed by atoms with Gasteiger partial charge in [0.15, 0.2) is 0 Å². The van der Waals surface area contributed by atoms with Crippen LogP contribution in [0.3, 0.4) is 0 Å². The third-order valence-electron chi connectivity index (χ3n) is 6.46. The van der Waals surface area contributed by atoms with Gasteiger partial charge in [0.2, 0.25) is 0 Å². The van der Waals surface area contributed by atoms with Crippen molar-refractivity contribution in [3.05, 3.63) is 106 Å². The van der Waals surface area contributed by atoms with Gasteiger partial charge < -0.3 is 4.57 Å². The van der Waals surface area contributed by atoms with E-state index in [9.17, 15) is 0 Å². The molecule has 2 heterocycles. The fraction of sp³-hybridized carbons (Fsp3) is 0.214. The fourth-order valence-electron chi connectivity index (χ4n) is 4.87. The number of hydrogen-bond acceptors (Lipinski definition) is 1. The summed E-state index contributed by atoms with van der Waals surface area (Å²) in [5.41, 5.74) is 9.19. The van der Waals surface area contributed by atoms with E-state index in [1.807, 2.05) is 12.1 Å². The largest absolute Gasteiger partial charge is 0.318 e. The van der Waals surface area contributed by atoms with Gasteiger partial charge in [0.05, 0.1) is 11.6 Å². The van der Waals surface area contributed by atoms with E-state index < -0.39 is 0 Å². The SMILES string of the molecule is C/C(=C\n1c2c(c3cc(C)ccc31)CCN(C)C2c1ccccc1)c1ccc(Cl)cc1. The van der Waals surface area contributed by atoms with Crippen molar-refractivity contribution in [2.24, 2.45) is 0 Å². The van der Waals surface area contributed by atoms with Gasteiger partial charge in [-0.15, -0.1) is 0 Å². The lowest BCUT2D eigenvalue weighted by Gasteiger charge is -2.34. The molecule has 0 spiro atoms. The first-order valence-corrected chi connectivity index (χ1v) is 11.2. The molecule has 1 unspecified atom stereocenters. The van der Waals surface area contributed by atoms with Gasteiger partial charge in [-0.05, 0) is 73.8 Å². The Bertz CT molecular complexity index is 1270. The van der Waals surface area contributed by atoms with Gasteiger partial charge in [-0.1, -0.05) is 65.7 Å². The summed E-state index contributed by atoms with van der Waals surface area (Å²) in [5, 5.41) is 2.14. The molecule has 0 fully saturated rings. The molecule has 0 amide bonds. The van der Waals surface area contributed by atoms with Gasteiger partial charge in [0.25, 0.3) is 0 Å². The number of rotatable bonds is 3. The molecule has 0 N–H and O–H groups in total. The summed E-state index contributed by atoms with van der Waals surface area (Å²) in [6.07, 6.45) is 3.37. The Labute approximate surface area is 189 Å². The zero-order valence-corrected chi connectivity index (χ0v) is 19.0. The van der Waals surface area contributed by atoms with E-state index in [0.29, 0.717) is 0 Å². The summed E-state index contributed by atoms with van der Waals surface area (Å²) in [4.78, 5) is 2.48. The first-order valence-electron chi connectivity index (χ1n) is 10.9. The molecule has 0 bridgehead atoms. The summed E-state index contributed by atoms with van der Waals surface area (Å²) < 4.78 is 2.43. The van der Waals surface area contributed by atoms with Crippen LogP contribution in [0, 0.1) is 6.92 Å². The molecule has 0 aliphatic carbocycles. The number of allylic oxidation sites excluding steroid dienone is 1. The van der Waals surface area contributed by atoms with Crippen LogP contribution in [-0.2, 0) is 6.42 Å². The first kappa shape index (κ1) is 20.1. The highest BCUT2D eigenvalue weighted by Gasteiger charge is 2.31. The van der Waals surface area contributed by atoms with Crippen molar-refractivity contribution in [1.82, 2.24) is 9.47 Å². The molecule has 1 aliphatic heterocycles. The monoisotopic (exact) mass is 426 g/mol. The molecule has 1 atom stereocenters. The van der Waals surface area contributed by atoms with Crippen molar-refractivity contribution >= 4 is 34.3 Å². The first-order chi connectivity index (χ1) is 15.0. The second-order valence-corrected chi connectivity index (χ2v) is 9.05. The van der Waals surface area contributed by atoms with Crippen LogP contribution in [0.1, 0.15) is 40.9 Å². The second-order valence-electron chi connectivity index (χ2n) is 8.62. The molecule has 4 aromatic rings. The minimum Gasteiger partial charge on any atom is -0.318 e. The average molecular weight is 427 g/mol. The summed E-state index contributed by atoms with van der Waals surface area (Å²) in [6, 6.07) is 26.1. The molecule has 3 heteroatoms. The molecular formula is C28H27ClN2. The molecule has 0 saturated carbocycles. The summed E-state index contributed by atoms with van der Waals surface area (Å²) in [5.74, 6) is 0. The van der Waals surface area contributed by atoms with Crippen LogP contribution in [0.2, 0.25) is 5.02 Å². The number of likely N-dealkylation sites (N-methyl/N-ethyl adjacent to an activating group) is 1. The third kappa shape index (κ3) is 3.60. The van der Waals surface area contributed by atoms with Crippen molar-refractivity contribution in [3.8, 4) is 0 Å². The standard InChI is InChI=1S/C28H27ClN2/c1-19-9-14-26-25(17-19)24-15-16-30(3)27(22-7-5-4-6-8-22)28(24)31(26)18-20(2)21-10-12-23(29)13-11-21/h4-14,17-18,27H,15-16H2,1-3H3/b20-18+. The van der Waals surface area contributed by atoms with Crippen LogP contribution in [0.4, 0.5) is 0 Å². The van der Waals surface area contributed by atoms with Gasteiger partial charge in [-0.3, -0.25) is 4.90 Å². The molecule has 1 aliphatic rings. The van der Waals surface area contributed by atoms with Crippen molar-refractivity contribution in [2.45, 2.75) is 26.3 Å². The number of hydrogen-bond donors (Lipinski definition) is 0. The Kier molecular flexibility index (Phi) is 5.21. The summed E-state index contributed by atoms with van der Waals surface area (Å²) in [6.45, 7) is 5.42. The molecule has 1 aromatic heterocycles. The lowest BCUT2D eigenvalue weighted by molar-refractivity contribution is 0.259. The molecule has 5 rings (SSSR count). The molecule has 31 heavy (non-hydrogen) atoms. The van der Waals surface area contributed by atoms with Crippen molar-refractivity contribution < 1.29 is 0 Å². The fourth-order valence-corrected chi connectivity index (χ4v) is 4.99. The van der Waals surface area contributed by atoms with Crippen LogP contribution in [0.15, 0.2) is 72.8 Å². The van der Waals surface area contributed by atoms with E-state index in [1.165, 1.54) is 44.4 Å². The van der Waals surface area contributed by atoms with Crippen LogP contribution >= 0.6 is 11.6 Å². The van der Waals surface area contributed by atoms with Gasteiger partial charge in [0, 0.05) is 28.8 Å². The van der Waals surface area contributed by atoms with E-state index in [4.69, 9.17) is 11.6 Å². The van der Waals surface area contributed by atoms with E-state index in [0.717, 1.165) is 18.0 Å². The Morgan fingerprint density at radius 1 is 1.00 bits per heavy atom. The maximum Gasteiger partial charge on any atom is 0.0760 e. The zero-order valence-electron chi connectivity index (χ0n) is 18.3. The highest BCUT2D eigenvalue weighted by molar-refractivity contribution is 6.30. The highest BCUT2D eigenvalue weighted by atomic mass is 35.5. The van der Waals surface area contributed by atoms with Crippen LogP contribution in [-0.4, -0.2) is 23.1 Å². The molecule has 156 valence electrons. The summed E-state index contributed by atoms with van der Waals surface area (Å²) >= 11 is 6.12. The smallest absolute Gasteiger partial charge is 0.0760 e. The minimum absolute atomic E-state index is 0.229. The lowest BCUT2D eigenvalue weighted by Crippen LogP contribution is -2.33. The molecule has 2 nitrogen and oxygen atoms in total. The Balaban J connectivity index is 1.77. The number of halogens is 1. The Hall–Kier alpha value is -2.81. The number of fused-ring (bicyclic) bond motifs is 3. The van der Waals surface area contributed by atoms with Crippen LogP contribution in [0.25, 0.3) is 22.7 Å². The molecular weight excluding hydrogens is 400 g/mol. The minimum atomic E-state index is 0.229. The Morgan fingerprint density at radius 3 is 2.48 bits per heavy atom. The normalized spacial score (nSPS) is 17.2. The summed E-state index contributed by atoms with van der Waals surface area (Å²) in [7, 11) is 2.24. The predicted molar refractivity (Wildman–Crippen MR) is 133 cm³/mol. The Morgan fingerprint density at radius 2 is 1.74 bits per heavy atom. The lowest BCUT2D eigenvalue weighted by atomic mass is 9.92. The van der Waals surface area contributed by atoms with Crippen LogP contribution < -0.4 is 0 Å². The number of aromatic nitrogens is 1. The molecule has 0 saturated heterocycles. The predicted octanol–water partition coefficient (Wildman–Crippen LogP) is 7.20. The van der Waals surface area contributed by atoms with Crippen molar-refractivity contribution in [2.75, 3.05) is 13.6 Å². The third-order valence-corrected chi connectivity index (χ3v) is 6.71. The van der Waals surface area contributed by atoms with Crippen LogP contribution in [0.5, 0.6) is 0 Å². The maximum absolute atomic E-state index is 6.12. The van der Waals surface area contributed by atoms with Gasteiger partial charge in [0.1, 0.15) is 0 Å². The number of benzene rings is 3. The average Bonchev–Trinajstić information content (AvgIpc) is 3.07.